The molecule has 1 unspecified atom stereocenters. The van der Waals surface area contributed by atoms with Crippen LogP contribution in [0, 0.1) is 5.41 Å². The average molecular weight is 245 g/mol. The third-order valence-corrected chi connectivity index (χ3v) is 2.51. The molecule has 0 aromatic carbocycles. The van der Waals surface area contributed by atoms with Crippen molar-refractivity contribution >= 4 is 0 Å². The lowest BCUT2D eigenvalue weighted by Gasteiger charge is -2.34. The molecular weight excluding hydrogens is 236 g/mol. The van der Waals surface area contributed by atoms with E-state index in [0.717, 1.165) is 6.08 Å². The van der Waals surface area contributed by atoms with E-state index in [2.05, 4.69) is 0 Å². The third-order valence-electron chi connectivity index (χ3n) is 2.51. The zero-order valence-corrected chi connectivity index (χ0v) is 7.99. The first-order chi connectivity index (χ1) is 7.12. The van der Waals surface area contributed by atoms with Gasteiger partial charge >= 0.3 is 12.4 Å². The second kappa shape index (κ2) is 3.80. The second-order valence-electron chi connectivity index (χ2n) is 3.58. The highest BCUT2D eigenvalue weighted by molar-refractivity contribution is 5.28. The van der Waals surface area contributed by atoms with Gasteiger partial charge in [0.25, 0.3) is 0 Å². The van der Waals surface area contributed by atoms with Gasteiger partial charge in [-0.05, 0) is 6.42 Å². The molecule has 1 atom stereocenters. The Kier molecular flexibility index (Phi) is 3.11. The Labute approximate surface area is 87.6 Å². The molecule has 0 amide bonds. The molecule has 0 aromatic rings. The quantitative estimate of drug-likeness (QED) is 0.706. The molecule has 7 heteroatoms. The number of alkyl halides is 6. The van der Waals surface area contributed by atoms with Crippen LogP contribution in [-0.4, -0.2) is 18.9 Å². The molecule has 0 aromatic heterocycles. The minimum absolute atomic E-state index is 0.639. The predicted octanol–water partition coefficient (Wildman–Crippen LogP) is 2.94. The van der Waals surface area contributed by atoms with E-state index in [0.29, 0.717) is 12.2 Å². The van der Waals surface area contributed by atoms with Gasteiger partial charge < -0.3 is 5.73 Å². The van der Waals surface area contributed by atoms with Gasteiger partial charge in [-0.2, -0.15) is 26.3 Å². The minimum Gasteiger partial charge on any atom is -0.329 e. The molecule has 0 aliphatic heterocycles. The van der Waals surface area contributed by atoms with Crippen LogP contribution in [0.4, 0.5) is 26.3 Å². The van der Waals surface area contributed by atoms with Crippen molar-refractivity contribution in [3.8, 4) is 0 Å². The SMILES string of the molecule is NCC1(C(F)(F)F)C=CC=C(C(F)(F)F)C1. The van der Waals surface area contributed by atoms with Gasteiger partial charge in [-0.15, -0.1) is 0 Å². The Hall–Kier alpha value is -0.980. The molecule has 2 N–H and O–H groups in total. The van der Waals surface area contributed by atoms with Crippen molar-refractivity contribution in [2.75, 3.05) is 6.54 Å². The minimum atomic E-state index is -4.79. The smallest absolute Gasteiger partial charge is 0.329 e. The molecule has 0 bridgehead atoms. The molecule has 1 aliphatic rings. The van der Waals surface area contributed by atoms with Gasteiger partial charge in [-0.25, -0.2) is 0 Å². The Morgan fingerprint density at radius 1 is 1.19 bits per heavy atom. The van der Waals surface area contributed by atoms with Crippen LogP contribution < -0.4 is 5.73 Å². The van der Waals surface area contributed by atoms with E-state index in [1.807, 2.05) is 0 Å². The van der Waals surface area contributed by atoms with Gasteiger partial charge in [0.15, 0.2) is 0 Å². The summed E-state index contributed by atoms with van der Waals surface area (Å²) in [7, 11) is 0. The lowest BCUT2D eigenvalue weighted by atomic mass is 9.77. The normalized spacial score (nSPS) is 26.8. The fourth-order valence-corrected chi connectivity index (χ4v) is 1.45. The Morgan fingerprint density at radius 2 is 1.75 bits per heavy atom. The van der Waals surface area contributed by atoms with Crippen LogP contribution in [0.5, 0.6) is 0 Å². The van der Waals surface area contributed by atoms with E-state index in [4.69, 9.17) is 5.73 Å². The van der Waals surface area contributed by atoms with Gasteiger partial charge in [0.05, 0.1) is 0 Å². The average Bonchev–Trinajstić information content (AvgIpc) is 2.15. The first kappa shape index (κ1) is 13.1. The lowest BCUT2D eigenvalue weighted by Crippen LogP contribution is -2.45. The van der Waals surface area contributed by atoms with Crippen molar-refractivity contribution in [1.82, 2.24) is 0 Å². The molecule has 92 valence electrons. The van der Waals surface area contributed by atoms with Gasteiger partial charge in [0.1, 0.15) is 5.41 Å². The molecule has 0 saturated heterocycles. The molecule has 0 spiro atoms. The third kappa shape index (κ3) is 2.23. The van der Waals surface area contributed by atoms with Crippen molar-refractivity contribution in [3.05, 3.63) is 23.8 Å². The highest BCUT2D eigenvalue weighted by Gasteiger charge is 2.55. The summed E-state index contributed by atoms with van der Waals surface area (Å²) in [5.74, 6) is 0. The molecule has 0 saturated carbocycles. The number of allylic oxidation sites excluding steroid dienone is 3. The second-order valence-corrected chi connectivity index (χ2v) is 3.58. The molecular formula is C9H9F6N. The zero-order chi connectivity index (χ0) is 12.6. The summed E-state index contributed by atoms with van der Waals surface area (Å²) in [4.78, 5) is 0. The standard InChI is InChI=1S/C9H9F6N/c10-8(11,12)6-2-1-3-7(4-6,5-16)9(13,14)15/h1-3H,4-5,16H2. The number of hydrogen-bond acceptors (Lipinski definition) is 1. The fourth-order valence-electron chi connectivity index (χ4n) is 1.45. The summed E-state index contributed by atoms with van der Waals surface area (Å²) >= 11 is 0. The van der Waals surface area contributed by atoms with Gasteiger partial charge in [0, 0.05) is 12.1 Å². The van der Waals surface area contributed by atoms with Gasteiger partial charge in [0.2, 0.25) is 0 Å². The van der Waals surface area contributed by atoms with Crippen LogP contribution in [0.3, 0.4) is 0 Å². The predicted molar refractivity (Wildman–Crippen MR) is 45.4 cm³/mol. The van der Waals surface area contributed by atoms with Crippen molar-refractivity contribution in [1.29, 1.82) is 0 Å². The summed E-state index contributed by atoms with van der Waals surface area (Å²) in [6.07, 6.45) is -8.62. The Bertz CT molecular complexity index is 324. The highest BCUT2D eigenvalue weighted by Crippen LogP contribution is 2.48. The van der Waals surface area contributed by atoms with Crippen LogP contribution in [0.2, 0.25) is 0 Å². The van der Waals surface area contributed by atoms with E-state index in [1.165, 1.54) is 0 Å². The maximum absolute atomic E-state index is 12.6. The zero-order valence-electron chi connectivity index (χ0n) is 7.99. The molecule has 0 radical (unpaired) electrons. The van der Waals surface area contributed by atoms with Crippen LogP contribution in [-0.2, 0) is 0 Å². The molecule has 1 aliphatic carbocycles. The van der Waals surface area contributed by atoms with E-state index in [9.17, 15) is 26.3 Å². The van der Waals surface area contributed by atoms with Crippen LogP contribution in [0.15, 0.2) is 23.8 Å². The summed E-state index contributed by atoms with van der Waals surface area (Å²) in [6, 6.07) is 0. The Balaban J connectivity index is 3.06. The molecule has 1 nitrogen and oxygen atoms in total. The summed E-state index contributed by atoms with van der Waals surface area (Å²) in [5, 5.41) is 0. The first-order valence-electron chi connectivity index (χ1n) is 4.35. The number of nitrogens with two attached hydrogens (primary N) is 1. The number of halogens is 6. The monoisotopic (exact) mass is 245 g/mol. The molecule has 0 heterocycles. The molecule has 0 fully saturated rings. The van der Waals surface area contributed by atoms with Crippen LogP contribution >= 0.6 is 0 Å². The molecule has 16 heavy (non-hydrogen) atoms. The summed E-state index contributed by atoms with van der Waals surface area (Å²) in [6.45, 7) is -0.902. The molecule has 1 rings (SSSR count). The van der Waals surface area contributed by atoms with Crippen LogP contribution in [0.25, 0.3) is 0 Å². The highest BCUT2D eigenvalue weighted by atomic mass is 19.4. The Morgan fingerprint density at radius 3 is 2.12 bits per heavy atom. The van der Waals surface area contributed by atoms with E-state index >= 15 is 0 Å². The number of hydrogen-bond donors (Lipinski definition) is 1. The first-order valence-corrected chi connectivity index (χ1v) is 4.35. The van der Waals surface area contributed by atoms with E-state index < -0.39 is 36.3 Å². The van der Waals surface area contributed by atoms with E-state index in [-0.39, 0.29) is 0 Å². The fraction of sp³-hybridized carbons (Fsp3) is 0.556. The van der Waals surface area contributed by atoms with Crippen molar-refractivity contribution in [2.45, 2.75) is 18.8 Å². The lowest BCUT2D eigenvalue weighted by molar-refractivity contribution is -0.206. The van der Waals surface area contributed by atoms with Gasteiger partial charge in [-0.1, -0.05) is 18.2 Å². The van der Waals surface area contributed by atoms with Crippen LogP contribution in [0.1, 0.15) is 6.42 Å². The maximum Gasteiger partial charge on any atom is 0.412 e. The van der Waals surface area contributed by atoms with Crippen molar-refractivity contribution in [3.63, 3.8) is 0 Å². The largest absolute Gasteiger partial charge is 0.412 e. The van der Waals surface area contributed by atoms with Crippen molar-refractivity contribution in [2.24, 2.45) is 11.1 Å². The maximum atomic E-state index is 12.6. The summed E-state index contributed by atoms with van der Waals surface area (Å²) in [5.41, 5.74) is 1.15. The van der Waals surface area contributed by atoms with Gasteiger partial charge in [-0.3, -0.25) is 0 Å². The van der Waals surface area contributed by atoms with Crippen molar-refractivity contribution < 1.29 is 26.3 Å². The topological polar surface area (TPSA) is 26.0 Å². The van der Waals surface area contributed by atoms with E-state index in [1.54, 1.807) is 0 Å². The summed E-state index contributed by atoms with van der Waals surface area (Å²) < 4.78 is 74.8. The number of rotatable bonds is 1.